The maximum absolute atomic E-state index is 5.54. The highest BCUT2D eigenvalue weighted by molar-refractivity contribution is 5.09. The van der Waals surface area contributed by atoms with Gasteiger partial charge in [-0.25, -0.2) is 0 Å². The van der Waals surface area contributed by atoms with E-state index in [0.29, 0.717) is 6.04 Å². The molecule has 1 atom stereocenters. The molecule has 0 amide bonds. The SMILES string of the molecule is CCCCCC(NN)C1=COCCC1. The van der Waals surface area contributed by atoms with Gasteiger partial charge in [0.2, 0.25) is 0 Å². The molecule has 1 rings (SSSR count). The Morgan fingerprint density at radius 2 is 2.43 bits per heavy atom. The predicted octanol–water partition coefficient (Wildman–Crippen LogP) is 2.09. The average Bonchev–Trinajstić information content (AvgIpc) is 2.26. The second-order valence-corrected chi connectivity index (χ2v) is 3.88. The fourth-order valence-electron chi connectivity index (χ4n) is 1.82. The first-order valence-electron chi connectivity index (χ1n) is 5.65. The van der Waals surface area contributed by atoms with E-state index in [1.54, 1.807) is 0 Å². The highest BCUT2D eigenvalue weighted by atomic mass is 16.5. The zero-order valence-corrected chi connectivity index (χ0v) is 9.09. The first-order chi connectivity index (χ1) is 6.88. The predicted molar refractivity (Wildman–Crippen MR) is 58.5 cm³/mol. The molecule has 1 unspecified atom stereocenters. The molecular formula is C11H22N2O. The van der Waals surface area contributed by atoms with Crippen LogP contribution in [-0.4, -0.2) is 12.6 Å². The number of rotatable bonds is 6. The van der Waals surface area contributed by atoms with E-state index in [4.69, 9.17) is 10.6 Å². The van der Waals surface area contributed by atoms with Gasteiger partial charge in [-0.15, -0.1) is 0 Å². The first-order valence-corrected chi connectivity index (χ1v) is 5.65. The number of hydrazine groups is 1. The number of nitrogens with one attached hydrogen (secondary N) is 1. The van der Waals surface area contributed by atoms with Crippen molar-refractivity contribution in [3.05, 3.63) is 11.8 Å². The Hall–Kier alpha value is -0.540. The fourth-order valence-corrected chi connectivity index (χ4v) is 1.82. The third-order valence-corrected chi connectivity index (χ3v) is 2.71. The van der Waals surface area contributed by atoms with Crippen molar-refractivity contribution in [2.24, 2.45) is 5.84 Å². The molecule has 0 saturated heterocycles. The molecule has 0 fully saturated rings. The van der Waals surface area contributed by atoms with E-state index in [9.17, 15) is 0 Å². The lowest BCUT2D eigenvalue weighted by atomic mass is 9.97. The first kappa shape index (κ1) is 11.5. The van der Waals surface area contributed by atoms with Crippen molar-refractivity contribution >= 4 is 0 Å². The summed E-state index contributed by atoms with van der Waals surface area (Å²) in [5, 5.41) is 0. The lowest BCUT2D eigenvalue weighted by Gasteiger charge is -2.22. The van der Waals surface area contributed by atoms with Gasteiger partial charge in [0.05, 0.1) is 12.9 Å². The lowest BCUT2D eigenvalue weighted by molar-refractivity contribution is 0.218. The molecule has 3 nitrogen and oxygen atoms in total. The van der Waals surface area contributed by atoms with Crippen molar-refractivity contribution in [3.63, 3.8) is 0 Å². The summed E-state index contributed by atoms with van der Waals surface area (Å²) in [7, 11) is 0. The van der Waals surface area contributed by atoms with Crippen molar-refractivity contribution in [3.8, 4) is 0 Å². The van der Waals surface area contributed by atoms with Gasteiger partial charge in [-0.1, -0.05) is 26.2 Å². The van der Waals surface area contributed by atoms with Gasteiger partial charge < -0.3 is 4.74 Å². The standard InChI is InChI=1S/C11H22N2O/c1-2-3-4-7-11(13-12)10-6-5-8-14-9-10/h9,11,13H,2-8,12H2,1H3. The van der Waals surface area contributed by atoms with Gasteiger partial charge >= 0.3 is 0 Å². The fraction of sp³-hybridized carbons (Fsp3) is 0.818. The van der Waals surface area contributed by atoms with E-state index in [2.05, 4.69) is 12.3 Å². The summed E-state index contributed by atoms with van der Waals surface area (Å²) in [4.78, 5) is 0. The molecule has 0 aliphatic carbocycles. The maximum atomic E-state index is 5.54. The van der Waals surface area contributed by atoms with E-state index in [1.807, 2.05) is 6.26 Å². The minimum absolute atomic E-state index is 0.321. The van der Waals surface area contributed by atoms with Crippen LogP contribution in [0.1, 0.15) is 45.4 Å². The van der Waals surface area contributed by atoms with Crippen LogP contribution in [0.3, 0.4) is 0 Å². The zero-order valence-electron chi connectivity index (χ0n) is 9.09. The van der Waals surface area contributed by atoms with Crippen LogP contribution in [0.2, 0.25) is 0 Å². The van der Waals surface area contributed by atoms with Gasteiger partial charge in [0, 0.05) is 6.04 Å². The molecule has 0 aromatic carbocycles. The molecule has 0 aromatic rings. The Morgan fingerprint density at radius 3 is 3.00 bits per heavy atom. The molecule has 1 aliphatic heterocycles. The quantitative estimate of drug-likeness (QED) is 0.390. The molecule has 0 bridgehead atoms. The minimum atomic E-state index is 0.321. The largest absolute Gasteiger partial charge is 0.501 e. The highest BCUT2D eigenvalue weighted by Gasteiger charge is 2.14. The Kier molecular flexibility index (Phi) is 5.64. The molecule has 3 heteroatoms. The summed E-state index contributed by atoms with van der Waals surface area (Å²) in [6.07, 6.45) is 9.04. The molecule has 0 radical (unpaired) electrons. The Labute approximate surface area is 86.7 Å². The molecule has 1 heterocycles. The van der Waals surface area contributed by atoms with Crippen molar-refractivity contribution < 1.29 is 4.74 Å². The second-order valence-electron chi connectivity index (χ2n) is 3.88. The number of hydrogen-bond donors (Lipinski definition) is 2. The normalized spacial score (nSPS) is 18.6. The van der Waals surface area contributed by atoms with Crippen LogP contribution in [-0.2, 0) is 4.74 Å². The third-order valence-electron chi connectivity index (χ3n) is 2.71. The van der Waals surface area contributed by atoms with Gasteiger partial charge in [-0.3, -0.25) is 11.3 Å². The lowest BCUT2D eigenvalue weighted by Crippen LogP contribution is -2.37. The van der Waals surface area contributed by atoms with E-state index >= 15 is 0 Å². The highest BCUT2D eigenvalue weighted by Crippen LogP contribution is 2.19. The maximum Gasteiger partial charge on any atom is 0.0876 e. The van der Waals surface area contributed by atoms with Crippen LogP contribution in [0.15, 0.2) is 11.8 Å². The van der Waals surface area contributed by atoms with Crippen molar-refractivity contribution in [1.29, 1.82) is 0 Å². The van der Waals surface area contributed by atoms with E-state index < -0.39 is 0 Å². The summed E-state index contributed by atoms with van der Waals surface area (Å²) in [5.41, 5.74) is 4.21. The van der Waals surface area contributed by atoms with Crippen molar-refractivity contribution in [2.45, 2.75) is 51.5 Å². The summed E-state index contributed by atoms with van der Waals surface area (Å²) >= 11 is 0. The molecule has 0 saturated carbocycles. The van der Waals surface area contributed by atoms with Gasteiger partial charge in [0.25, 0.3) is 0 Å². The van der Waals surface area contributed by atoms with Crippen LogP contribution < -0.4 is 11.3 Å². The van der Waals surface area contributed by atoms with Crippen LogP contribution in [0.25, 0.3) is 0 Å². The molecule has 3 N–H and O–H groups in total. The van der Waals surface area contributed by atoms with Crippen LogP contribution in [0.4, 0.5) is 0 Å². The van der Waals surface area contributed by atoms with Crippen LogP contribution in [0, 0.1) is 0 Å². The van der Waals surface area contributed by atoms with E-state index in [-0.39, 0.29) is 0 Å². The Balaban J connectivity index is 2.32. The van der Waals surface area contributed by atoms with Crippen molar-refractivity contribution in [2.75, 3.05) is 6.61 Å². The van der Waals surface area contributed by atoms with Gasteiger partial charge in [0.15, 0.2) is 0 Å². The second kappa shape index (κ2) is 6.85. The molecule has 14 heavy (non-hydrogen) atoms. The number of ether oxygens (including phenoxy) is 1. The van der Waals surface area contributed by atoms with E-state index in [1.165, 1.54) is 24.8 Å². The minimum Gasteiger partial charge on any atom is -0.501 e. The molecule has 0 aromatic heterocycles. The summed E-state index contributed by atoms with van der Waals surface area (Å²) in [6, 6.07) is 0.321. The number of hydrogen-bond acceptors (Lipinski definition) is 3. The summed E-state index contributed by atoms with van der Waals surface area (Å²) in [6.45, 7) is 3.07. The summed E-state index contributed by atoms with van der Waals surface area (Å²) in [5.74, 6) is 5.54. The average molecular weight is 198 g/mol. The van der Waals surface area contributed by atoms with E-state index in [0.717, 1.165) is 25.9 Å². The molecule has 1 aliphatic rings. The Morgan fingerprint density at radius 1 is 1.57 bits per heavy atom. The smallest absolute Gasteiger partial charge is 0.0876 e. The molecule has 82 valence electrons. The number of unbranched alkanes of at least 4 members (excludes halogenated alkanes) is 2. The molecular weight excluding hydrogens is 176 g/mol. The van der Waals surface area contributed by atoms with Crippen LogP contribution in [0.5, 0.6) is 0 Å². The third kappa shape index (κ3) is 3.68. The Bertz CT molecular complexity index is 180. The molecule has 0 spiro atoms. The van der Waals surface area contributed by atoms with Gasteiger partial charge in [-0.05, 0) is 24.8 Å². The summed E-state index contributed by atoms with van der Waals surface area (Å²) < 4.78 is 5.31. The van der Waals surface area contributed by atoms with Gasteiger partial charge in [-0.2, -0.15) is 0 Å². The van der Waals surface area contributed by atoms with Gasteiger partial charge in [0.1, 0.15) is 0 Å². The van der Waals surface area contributed by atoms with Crippen molar-refractivity contribution in [1.82, 2.24) is 5.43 Å². The monoisotopic (exact) mass is 198 g/mol. The van der Waals surface area contributed by atoms with Crippen LogP contribution >= 0.6 is 0 Å². The number of nitrogens with two attached hydrogens (primary N) is 1. The zero-order chi connectivity index (χ0) is 10.2. The topological polar surface area (TPSA) is 47.3 Å².